The highest BCUT2D eigenvalue weighted by molar-refractivity contribution is 6.30. The molecule has 1 unspecified atom stereocenters. The molecule has 0 spiro atoms. The summed E-state index contributed by atoms with van der Waals surface area (Å²) in [7, 11) is 1.52. The molecule has 3 rings (SSSR count). The summed E-state index contributed by atoms with van der Waals surface area (Å²) in [4.78, 5) is 26.1. The maximum atomic E-state index is 12.4. The molecule has 1 heterocycles. The third kappa shape index (κ3) is 4.15. The van der Waals surface area contributed by atoms with E-state index in [-0.39, 0.29) is 31.1 Å². The predicted molar refractivity (Wildman–Crippen MR) is 98.9 cm³/mol. The number of para-hydroxylation sites is 1. The van der Waals surface area contributed by atoms with Crippen LogP contribution in [-0.2, 0) is 9.53 Å². The van der Waals surface area contributed by atoms with Crippen LogP contribution in [-0.4, -0.2) is 44.7 Å². The molecule has 0 saturated carbocycles. The minimum Gasteiger partial charge on any atom is -0.496 e. The lowest BCUT2D eigenvalue weighted by Gasteiger charge is -2.33. The quantitative estimate of drug-likeness (QED) is 0.873. The van der Waals surface area contributed by atoms with E-state index >= 15 is 0 Å². The number of rotatable bonds is 5. The van der Waals surface area contributed by atoms with Gasteiger partial charge in [-0.05, 0) is 36.4 Å². The Morgan fingerprint density at radius 3 is 2.73 bits per heavy atom. The predicted octanol–water partition coefficient (Wildman–Crippen LogP) is 2.51. The van der Waals surface area contributed by atoms with E-state index in [1.807, 2.05) is 0 Å². The van der Waals surface area contributed by atoms with Gasteiger partial charge in [0.25, 0.3) is 11.8 Å². The Hall–Kier alpha value is -2.57. The summed E-state index contributed by atoms with van der Waals surface area (Å²) in [5.41, 5.74) is 1.21. The number of halogens is 1. The molecule has 7 heteroatoms. The summed E-state index contributed by atoms with van der Waals surface area (Å²) in [6.07, 6.45) is -0.304. The first kappa shape index (κ1) is 18.2. The van der Waals surface area contributed by atoms with Crippen molar-refractivity contribution >= 4 is 29.1 Å². The van der Waals surface area contributed by atoms with Crippen LogP contribution in [0, 0.1) is 0 Å². The van der Waals surface area contributed by atoms with Crippen LogP contribution in [0.4, 0.5) is 5.69 Å². The van der Waals surface area contributed by atoms with E-state index in [4.69, 9.17) is 21.1 Å². The Bertz CT molecular complexity index is 794. The Labute approximate surface area is 156 Å². The number of benzene rings is 2. The van der Waals surface area contributed by atoms with Gasteiger partial charge >= 0.3 is 0 Å². The number of nitrogens with zero attached hydrogens (tertiary/aromatic N) is 1. The van der Waals surface area contributed by atoms with Crippen molar-refractivity contribution in [2.24, 2.45) is 0 Å². The van der Waals surface area contributed by atoms with Gasteiger partial charge in [-0.15, -0.1) is 0 Å². The van der Waals surface area contributed by atoms with E-state index in [2.05, 4.69) is 5.32 Å². The Balaban J connectivity index is 1.62. The van der Waals surface area contributed by atoms with Gasteiger partial charge in [-0.25, -0.2) is 0 Å². The zero-order chi connectivity index (χ0) is 18.5. The largest absolute Gasteiger partial charge is 0.496 e. The molecule has 0 bridgehead atoms. The number of carbonyl (C=O) groups excluding carboxylic acids is 2. The topological polar surface area (TPSA) is 67.9 Å². The lowest BCUT2D eigenvalue weighted by Crippen LogP contribution is -2.50. The summed E-state index contributed by atoms with van der Waals surface area (Å²) < 4.78 is 10.7. The average Bonchev–Trinajstić information content (AvgIpc) is 2.68. The lowest BCUT2D eigenvalue weighted by atomic mass is 10.1. The molecule has 0 aromatic heterocycles. The van der Waals surface area contributed by atoms with Crippen molar-refractivity contribution in [2.75, 3.05) is 31.7 Å². The second-order valence-corrected chi connectivity index (χ2v) is 6.26. The second kappa shape index (κ2) is 8.21. The van der Waals surface area contributed by atoms with Crippen LogP contribution in [0.15, 0.2) is 48.5 Å². The summed E-state index contributed by atoms with van der Waals surface area (Å²) in [5, 5.41) is 3.44. The SMILES string of the molecule is COc1ccccc1C(=O)NCC1CN(c2ccc(Cl)cc2)C(=O)CO1. The van der Waals surface area contributed by atoms with Gasteiger partial charge in [-0.3, -0.25) is 9.59 Å². The zero-order valence-electron chi connectivity index (χ0n) is 14.3. The third-order valence-corrected chi connectivity index (χ3v) is 4.36. The van der Waals surface area contributed by atoms with Crippen LogP contribution < -0.4 is 15.0 Å². The highest BCUT2D eigenvalue weighted by atomic mass is 35.5. The van der Waals surface area contributed by atoms with Gasteiger partial charge in [-0.1, -0.05) is 23.7 Å². The van der Waals surface area contributed by atoms with Gasteiger partial charge in [-0.2, -0.15) is 0 Å². The Kier molecular flexibility index (Phi) is 5.75. The van der Waals surface area contributed by atoms with Gasteiger partial charge in [0.2, 0.25) is 0 Å². The molecule has 1 N–H and O–H groups in total. The molecule has 2 amide bonds. The molecule has 136 valence electrons. The third-order valence-electron chi connectivity index (χ3n) is 4.11. The fraction of sp³-hybridized carbons (Fsp3) is 0.263. The fourth-order valence-electron chi connectivity index (χ4n) is 2.75. The highest BCUT2D eigenvalue weighted by Gasteiger charge is 2.28. The van der Waals surface area contributed by atoms with Crippen molar-refractivity contribution in [3.05, 3.63) is 59.1 Å². The summed E-state index contributed by atoms with van der Waals surface area (Å²) in [6.45, 7) is 0.610. The van der Waals surface area contributed by atoms with Crippen LogP contribution >= 0.6 is 11.6 Å². The van der Waals surface area contributed by atoms with Crippen molar-refractivity contribution in [1.29, 1.82) is 0 Å². The monoisotopic (exact) mass is 374 g/mol. The fourth-order valence-corrected chi connectivity index (χ4v) is 2.88. The molecule has 2 aromatic carbocycles. The molecule has 2 aromatic rings. The Morgan fingerprint density at radius 1 is 1.27 bits per heavy atom. The second-order valence-electron chi connectivity index (χ2n) is 5.82. The number of nitrogens with one attached hydrogen (secondary N) is 1. The first-order chi connectivity index (χ1) is 12.6. The van der Waals surface area contributed by atoms with Crippen LogP contribution in [0.3, 0.4) is 0 Å². The maximum Gasteiger partial charge on any atom is 0.255 e. The maximum absolute atomic E-state index is 12.4. The first-order valence-electron chi connectivity index (χ1n) is 8.17. The molecule has 1 aliphatic rings. The van der Waals surface area contributed by atoms with E-state index in [9.17, 15) is 9.59 Å². The van der Waals surface area contributed by atoms with Crippen LogP contribution in [0.5, 0.6) is 5.75 Å². The van der Waals surface area contributed by atoms with E-state index in [0.717, 1.165) is 5.69 Å². The van der Waals surface area contributed by atoms with Crippen LogP contribution in [0.25, 0.3) is 0 Å². The number of morpholine rings is 1. The molecule has 1 saturated heterocycles. The molecule has 0 radical (unpaired) electrons. The van der Waals surface area contributed by atoms with Gasteiger partial charge in [0.15, 0.2) is 0 Å². The summed E-state index contributed by atoms with van der Waals surface area (Å²) in [5.74, 6) is 0.133. The van der Waals surface area contributed by atoms with Gasteiger partial charge in [0.05, 0.1) is 25.3 Å². The summed E-state index contributed by atoms with van der Waals surface area (Å²) in [6, 6.07) is 14.0. The number of amides is 2. The van der Waals surface area contributed by atoms with E-state index in [1.165, 1.54) is 7.11 Å². The van der Waals surface area contributed by atoms with E-state index in [1.54, 1.807) is 53.4 Å². The van der Waals surface area contributed by atoms with Crippen molar-refractivity contribution in [3.63, 3.8) is 0 Å². The van der Waals surface area contributed by atoms with Gasteiger partial charge in [0, 0.05) is 17.3 Å². The molecule has 1 fully saturated rings. The molecule has 1 aliphatic heterocycles. The number of hydrogen-bond donors (Lipinski definition) is 1. The highest BCUT2D eigenvalue weighted by Crippen LogP contribution is 2.21. The van der Waals surface area contributed by atoms with Gasteiger partial charge < -0.3 is 19.7 Å². The summed E-state index contributed by atoms with van der Waals surface area (Å²) >= 11 is 5.90. The normalized spacial score (nSPS) is 17.1. The standard InChI is InChI=1S/C19H19ClN2O4/c1-25-17-5-3-2-4-16(17)19(24)21-10-15-11-22(18(23)12-26-15)14-8-6-13(20)7-9-14/h2-9,15H,10-12H2,1H3,(H,21,24). The van der Waals surface area contributed by atoms with E-state index < -0.39 is 0 Å². The number of methoxy groups -OCH3 is 1. The molecular weight excluding hydrogens is 356 g/mol. The number of anilines is 1. The average molecular weight is 375 g/mol. The van der Waals surface area contributed by atoms with Crippen molar-refractivity contribution in [1.82, 2.24) is 5.32 Å². The zero-order valence-corrected chi connectivity index (χ0v) is 15.0. The smallest absolute Gasteiger partial charge is 0.255 e. The first-order valence-corrected chi connectivity index (χ1v) is 8.55. The molecule has 26 heavy (non-hydrogen) atoms. The Morgan fingerprint density at radius 2 is 2.00 bits per heavy atom. The molecular formula is C19H19ClN2O4. The van der Waals surface area contributed by atoms with Gasteiger partial charge in [0.1, 0.15) is 12.4 Å². The molecule has 0 aliphatic carbocycles. The lowest BCUT2D eigenvalue weighted by molar-refractivity contribution is -0.129. The van der Waals surface area contributed by atoms with Crippen LogP contribution in [0.1, 0.15) is 10.4 Å². The van der Waals surface area contributed by atoms with Crippen molar-refractivity contribution < 1.29 is 19.1 Å². The molecule has 6 nitrogen and oxygen atoms in total. The molecule has 1 atom stereocenters. The number of ether oxygens (including phenoxy) is 2. The minimum atomic E-state index is -0.304. The van der Waals surface area contributed by atoms with Crippen LogP contribution in [0.2, 0.25) is 5.02 Å². The minimum absolute atomic E-state index is 0.0299. The number of carbonyl (C=O) groups is 2. The van der Waals surface area contributed by atoms with E-state index in [0.29, 0.717) is 22.9 Å². The van der Waals surface area contributed by atoms with Crippen molar-refractivity contribution in [3.8, 4) is 5.75 Å². The number of hydrogen-bond acceptors (Lipinski definition) is 4. The van der Waals surface area contributed by atoms with Crippen molar-refractivity contribution in [2.45, 2.75) is 6.10 Å².